The highest BCUT2D eigenvalue weighted by Crippen LogP contribution is 2.29. The lowest BCUT2D eigenvalue weighted by Crippen LogP contribution is -2.50. The van der Waals surface area contributed by atoms with Gasteiger partial charge in [0.25, 0.3) is 0 Å². The molecule has 3 heteroatoms. The summed E-state index contributed by atoms with van der Waals surface area (Å²) in [6.07, 6.45) is 2.98. The minimum Gasteiger partial charge on any atom is -0.388 e. The maximum Gasteiger partial charge on any atom is 0.0800 e. The zero-order valence-corrected chi connectivity index (χ0v) is 9.62. The highest BCUT2D eigenvalue weighted by molar-refractivity contribution is 4.90. The third-order valence-corrected chi connectivity index (χ3v) is 3.37. The summed E-state index contributed by atoms with van der Waals surface area (Å²) < 4.78 is 5.05. The largest absolute Gasteiger partial charge is 0.388 e. The van der Waals surface area contributed by atoms with Crippen LogP contribution in [0.4, 0.5) is 0 Å². The van der Waals surface area contributed by atoms with Gasteiger partial charge in [0, 0.05) is 20.3 Å². The maximum absolute atomic E-state index is 10.4. The number of ether oxygens (including phenoxy) is 1. The van der Waals surface area contributed by atoms with Crippen LogP contribution >= 0.6 is 0 Å². The van der Waals surface area contributed by atoms with Crippen LogP contribution in [-0.2, 0) is 4.74 Å². The standard InChI is InChI=1S/C11H23NO2/c1-10(5-8-14-3)11(13)6-4-7-12(2)9-11/h10,13H,4-9H2,1-3H3. The van der Waals surface area contributed by atoms with Crippen LogP contribution in [0.2, 0.25) is 0 Å². The van der Waals surface area contributed by atoms with Gasteiger partial charge < -0.3 is 14.7 Å². The number of likely N-dealkylation sites (tertiary alicyclic amines) is 1. The summed E-state index contributed by atoms with van der Waals surface area (Å²) in [7, 11) is 3.79. The molecule has 84 valence electrons. The molecule has 1 N–H and O–H groups in total. The van der Waals surface area contributed by atoms with Crippen molar-refractivity contribution in [1.82, 2.24) is 4.90 Å². The highest BCUT2D eigenvalue weighted by atomic mass is 16.5. The Labute approximate surface area is 87.1 Å². The predicted molar refractivity (Wildman–Crippen MR) is 57.3 cm³/mol. The summed E-state index contributed by atoms with van der Waals surface area (Å²) in [6, 6.07) is 0. The fourth-order valence-electron chi connectivity index (χ4n) is 2.25. The van der Waals surface area contributed by atoms with Gasteiger partial charge in [-0.15, -0.1) is 0 Å². The van der Waals surface area contributed by atoms with Gasteiger partial charge in [0.15, 0.2) is 0 Å². The van der Waals surface area contributed by atoms with Gasteiger partial charge in [-0.3, -0.25) is 0 Å². The van der Waals surface area contributed by atoms with E-state index < -0.39 is 5.60 Å². The number of hydrogen-bond donors (Lipinski definition) is 1. The Morgan fingerprint density at radius 2 is 2.29 bits per heavy atom. The van der Waals surface area contributed by atoms with Crippen molar-refractivity contribution in [3.63, 3.8) is 0 Å². The smallest absolute Gasteiger partial charge is 0.0800 e. The zero-order valence-electron chi connectivity index (χ0n) is 9.62. The van der Waals surface area contributed by atoms with Crippen LogP contribution < -0.4 is 0 Å². The van der Waals surface area contributed by atoms with E-state index in [2.05, 4.69) is 18.9 Å². The molecule has 1 aliphatic heterocycles. The summed E-state index contributed by atoms with van der Waals surface area (Å²) in [5.41, 5.74) is -0.495. The summed E-state index contributed by atoms with van der Waals surface area (Å²) in [5.74, 6) is 0.324. The van der Waals surface area contributed by atoms with E-state index in [0.717, 1.165) is 39.0 Å². The predicted octanol–water partition coefficient (Wildman–Crippen LogP) is 1.12. The number of rotatable bonds is 4. The third kappa shape index (κ3) is 2.94. The summed E-state index contributed by atoms with van der Waals surface area (Å²) in [5, 5.41) is 10.4. The van der Waals surface area contributed by atoms with Gasteiger partial charge in [-0.1, -0.05) is 6.92 Å². The van der Waals surface area contributed by atoms with Gasteiger partial charge in [-0.05, 0) is 38.8 Å². The number of likely N-dealkylation sites (N-methyl/N-ethyl adjacent to an activating group) is 1. The first-order valence-corrected chi connectivity index (χ1v) is 5.48. The summed E-state index contributed by atoms with van der Waals surface area (Å²) in [4.78, 5) is 2.22. The Morgan fingerprint density at radius 1 is 1.57 bits per heavy atom. The second-order valence-electron chi connectivity index (χ2n) is 4.63. The van der Waals surface area contributed by atoms with Crippen molar-refractivity contribution in [3.8, 4) is 0 Å². The zero-order chi connectivity index (χ0) is 10.6. The molecule has 0 aliphatic carbocycles. The number of methoxy groups -OCH3 is 1. The Hall–Kier alpha value is -0.120. The van der Waals surface area contributed by atoms with E-state index in [9.17, 15) is 5.11 Å². The molecule has 0 bridgehead atoms. The molecular formula is C11H23NO2. The van der Waals surface area contributed by atoms with Crippen LogP contribution in [-0.4, -0.2) is 49.5 Å². The second kappa shape index (κ2) is 5.10. The molecule has 14 heavy (non-hydrogen) atoms. The van der Waals surface area contributed by atoms with Crippen LogP contribution in [0, 0.1) is 5.92 Å². The first-order chi connectivity index (χ1) is 6.58. The molecule has 1 saturated heterocycles. The Balaban J connectivity index is 2.45. The minimum absolute atomic E-state index is 0.324. The molecule has 2 unspecified atom stereocenters. The Morgan fingerprint density at radius 3 is 2.86 bits per heavy atom. The molecule has 0 radical (unpaired) electrons. The number of aliphatic hydroxyl groups is 1. The second-order valence-corrected chi connectivity index (χ2v) is 4.63. The van der Waals surface area contributed by atoms with E-state index in [1.54, 1.807) is 7.11 Å². The third-order valence-electron chi connectivity index (χ3n) is 3.37. The van der Waals surface area contributed by atoms with Crippen LogP contribution in [0.25, 0.3) is 0 Å². The fourth-order valence-corrected chi connectivity index (χ4v) is 2.25. The van der Waals surface area contributed by atoms with Crippen molar-refractivity contribution >= 4 is 0 Å². The van der Waals surface area contributed by atoms with Gasteiger partial charge in [0.05, 0.1) is 5.60 Å². The Kier molecular flexibility index (Phi) is 4.35. The van der Waals surface area contributed by atoms with Crippen LogP contribution in [0.5, 0.6) is 0 Å². The van der Waals surface area contributed by atoms with Crippen molar-refractivity contribution < 1.29 is 9.84 Å². The van der Waals surface area contributed by atoms with Gasteiger partial charge >= 0.3 is 0 Å². The van der Waals surface area contributed by atoms with E-state index in [0.29, 0.717) is 5.92 Å². The van der Waals surface area contributed by atoms with Crippen molar-refractivity contribution in [2.75, 3.05) is 33.9 Å². The lowest BCUT2D eigenvalue weighted by Gasteiger charge is -2.41. The number of β-amino-alcohol motifs (C(OH)–C–C–N with tert-alkyl or cyclic N) is 1. The molecular weight excluding hydrogens is 178 g/mol. The van der Waals surface area contributed by atoms with E-state index in [4.69, 9.17) is 4.74 Å². The monoisotopic (exact) mass is 201 g/mol. The number of nitrogens with zero attached hydrogens (tertiary/aromatic N) is 1. The molecule has 1 rings (SSSR count). The Bertz CT molecular complexity index is 175. The lowest BCUT2D eigenvalue weighted by atomic mass is 9.80. The van der Waals surface area contributed by atoms with E-state index >= 15 is 0 Å². The van der Waals surface area contributed by atoms with E-state index in [1.165, 1.54) is 0 Å². The molecule has 1 fully saturated rings. The molecule has 1 heterocycles. The number of piperidine rings is 1. The normalized spacial score (nSPS) is 31.7. The van der Waals surface area contributed by atoms with Crippen molar-refractivity contribution in [1.29, 1.82) is 0 Å². The molecule has 1 aliphatic rings. The SMILES string of the molecule is COCCC(C)C1(O)CCCN(C)C1. The first kappa shape index (κ1) is 12.0. The van der Waals surface area contributed by atoms with Gasteiger partial charge in [-0.2, -0.15) is 0 Å². The van der Waals surface area contributed by atoms with Crippen LogP contribution in [0.3, 0.4) is 0 Å². The van der Waals surface area contributed by atoms with Crippen LogP contribution in [0.1, 0.15) is 26.2 Å². The highest BCUT2D eigenvalue weighted by Gasteiger charge is 2.36. The lowest BCUT2D eigenvalue weighted by molar-refractivity contribution is -0.0702. The van der Waals surface area contributed by atoms with Gasteiger partial charge in [0.2, 0.25) is 0 Å². The van der Waals surface area contributed by atoms with E-state index in [-0.39, 0.29) is 0 Å². The topological polar surface area (TPSA) is 32.7 Å². The van der Waals surface area contributed by atoms with Crippen molar-refractivity contribution in [3.05, 3.63) is 0 Å². The van der Waals surface area contributed by atoms with Gasteiger partial charge in [0.1, 0.15) is 0 Å². The molecule has 0 aromatic heterocycles. The molecule has 0 amide bonds. The molecule has 0 spiro atoms. The van der Waals surface area contributed by atoms with E-state index in [1.807, 2.05) is 0 Å². The van der Waals surface area contributed by atoms with Crippen LogP contribution in [0.15, 0.2) is 0 Å². The minimum atomic E-state index is -0.495. The average Bonchev–Trinajstić information content (AvgIpc) is 2.13. The van der Waals surface area contributed by atoms with Gasteiger partial charge in [-0.25, -0.2) is 0 Å². The molecule has 0 aromatic carbocycles. The first-order valence-electron chi connectivity index (χ1n) is 5.48. The molecule has 0 saturated carbocycles. The number of hydrogen-bond acceptors (Lipinski definition) is 3. The molecule has 0 aromatic rings. The van der Waals surface area contributed by atoms with Crippen molar-refractivity contribution in [2.45, 2.75) is 31.8 Å². The van der Waals surface area contributed by atoms with Crippen molar-refractivity contribution in [2.24, 2.45) is 5.92 Å². The summed E-state index contributed by atoms with van der Waals surface area (Å²) >= 11 is 0. The summed E-state index contributed by atoms with van der Waals surface area (Å²) in [6.45, 7) is 4.78. The molecule has 2 atom stereocenters. The average molecular weight is 201 g/mol. The fraction of sp³-hybridized carbons (Fsp3) is 1.00. The quantitative estimate of drug-likeness (QED) is 0.739. The molecule has 3 nitrogen and oxygen atoms in total. The maximum atomic E-state index is 10.4.